The Hall–Kier alpha value is -3.45. The standard InChI is InChI=1S/C25H27FN4O2/c1-17-12-22(8-9-23(17)29-24(31)16-30-10-2-3-11-30)27-15-20-13-19(14-28-25(20)32)18-4-6-21(26)7-5-18/h4-9,12-14,27H,2-3,10-11,15-16H2,1H3,(H,28,32)(H,29,31). The van der Waals surface area contributed by atoms with Gasteiger partial charge in [-0.25, -0.2) is 4.39 Å². The largest absolute Gasteiger partial charge is 0.381 e. The van der Waals surface area contributed by atoms with Gasteiger partial charge in [-0.3, -0.25) is 14.5 Å². The van der Waals surface area contributed by atoms with Gasteiger partial charge in [0.15, 0.2) is 0 Å². The zero-order valence-electron chi connectivity index (χ0n) is 18.1. The number of anilines is 2. The molecule has 4 rings (SSSR count). The molecule has 0 aliphatic carbocycles. The molecule has 2 aromatic carbocycles. The summed E-state index contributed by atoms with van der Waals surface area (Å²) in [7, 11) is 0. The topological polar surface area (TPSA) is 77.2 Å². The van der Waals surface area contributed by atoms with Gasteiger partial charge in [0.05, 0.1) is 6.54 Å². The van der Waals surface area contributed by atoms with Crippen LogP contribution >= 0.6 is 0 Å². The Bertz CT molecular complexity index is 1150. The molecule has 32 heavy (non-hydrogen) atoms. The highest BCUT2D eigenvalue weighted by molar-refractivity contribution is 5.93. The molecular formula is C25H27FN4O2. The van der Waals surface area contributed by atoms with Crippen LogP contribution in [0.25, 0.3) is 11.1 Å². The molecule has 3 aromatic rings. The number of hydrogen-bond acceptors (Lipinski definition) is 4. The van der Waals surface area contributed by atoms with Gasteiger partial charge >= 0.3 is 0 Å². The lowest BCUT2D eigenvalue weighted by Gasteiger charge is -2.16. The van der Waals surface area contributed by atoms with Crippen molar-refractivity contribution in [3.8, 4) is 11.1 Å². The third kappa shape index (κ3) is 5.42. The number of aryl methyl sites for hydroxylation is 1. The van der Waals surface area contributed by atoms with Crippen LogP contribution in [0.15, 0.2) is 59.5 Å². The van der Waals surface area contributed by atoms with Crippen molar-refractivity contribution in [1.29, 1.82) is 0 Å². The first-order valence-electron chi connectivity index (χ1n) is 10.8. The molecule has 1 aromatic heterocycles. The number of benzene rings is 2. The smallest absolute Gasteiger partial charge is 0.252 e. The number of pyridine rings is 1. The maximum Gasteiger partial charge on any atom is 0.252 e. The summed E-state index contributed by atoms with van der Waals surface area (Å²) in [5.41, 5.74) is 4.63. The maximum absolute atomic E-state index is 13.2. The van der Waals surface area contributed by atoms with Crippen LogP contribution in [-0.2, 0) is 11.3 Å². The highest BCUT2D eigenvalue weighted by atomic mass is 19.1. The molecule has 166 valence electrons. The average molecular weight is 435 g/mol. The molecule has 1 aliphatic heterocycles. The summed E-state index contributed by atoms with van der Waals surface area (Å²) in [6.45, 7) is 4.67. The number of rotatable bonds is 7. The van der Waals surface area contributed by atoms with Gasteiger partial charge in [-0.1, -0.05) is 12.1 Å². The summed E-state index contributed by atoms with van der Waals surface area (Å²) in [6.07, 6.45) is 3.94. The Morgan fingerprint density at radius 1 is 1.06 bits per heavy atom. The van der Waals surface area contributed by atoms with Crippen molar-refractivity contribution in [1.82, 2.24) is 9.88 Å². The van der Waals surface area contributed by atoms with E-state index in [1.165, 1.54) is 12.1 Å². The average Bonchev–Trinajstić information content (AvgIpc) is 3.28. The van der Waals surface area contributed by atoms with Crippen LogP contribution in [0.2, 0.25) is 0 Å². The van der Waals surface area contributed by atoms with E-state index in [2.05, 4.69) is 20.5 Å². The van der Waals surface area contributed by atoms with Gasteiger partial charge in [-0.05, 0) is 85.9 Å². The number of aromatic amines is 1. The SMILES string of the molecule is Cc1cc(NCc2cc(-c3ccc(F)cc3)c[nH]c2=O)ccc1NC(=O)CN1CCCC1. The Morgan fingerprint density at radius 2 is 1.81 bits per heavy atom. The lowest BCUT2D eigenvalue weighted by atomic mass is 10.1. The second-order valence-electron chi connectivity index (χ2n) is 8.16. The Morgan fingerprint density at radius 3 is 2.53 bits per heavy atom. The third-order valence-corrected chi connectivity index (χ3v) is 5.71. The van der Waals surface area contributed by atoms with Gasteiger partial charge < -0.3 is 15.6 Å². The van der Waals surface area contributed by atoms with Gasteiger partial charge in [0.1, 0.15) is 5.82 Å². The molecule has 1 saturated heterocycles. The number of carbonyl (C=O) groups excluding carboxylic acids is 1. The molecule has 1 amide bonds. The molecule has 2 heterocycles. The van der Waals surface area contributed by atoms with E-state index in [9.17, 15) is 14.0 Å². The number of amides is 1. The molecule has 7 heteroatoms. The highest BCUT2D eigenvalue weighted by Gasteiger charge is 2.15. The Labute approximate surface area is 186 Å². The van der Waals surface area contributed by atoms with E-state index in [4.69, 9.17) is 0 Å². The van der Waals surface area contributed by atoms with Gasteiger partial charge in [0.25, 0.3) is 5.56 Å². The predicted molar refractivity (Wildman–Crippen MR) is 125 cm³/mol. The molecule has 0 saturated carbocycles. The van der Waals surface area contributed by atoms with Crippen LogP contribution in [0.5, 0.6) is 0 Å². The third-order valence-electron chi connectivity index (χ3n) is 5.71. The number of carbonyl (C=O) groups is 1. The first-order chi connectivity index (χ1) is 15.5. The van der Waals surface area contributed by atoms with Gasteiger partial charge in [0.2, 0.25) is 5.91 Å². The highest BCUT2D eigenvalue weighted by Crippen LogP contribution is 2.22. The van der Waals surface area contributed by atoms with Gasteiger partial charge in [0, 0.05) is 29.7 Å². The van der Waals surface area contributed by atoms with Crippen molar-refractivity contribution < 1.29 is 9.18 Å². The number of aromatic nitrogens is 1. The van der Waals surface area contributed by atoms with Crippen LogP contribution in [0.4, 0.5) is 15.8 Å². The van der Waals surface area contributed by atoms with Gasteiger partial charge in [-0.15, -0.1) is 0 Å². The summed E-state index contributed by atoms with van der Waals surface area (Å²) < 4.78 is 13.2. The fourth-order valence-corrected chi connectivity index (χ4v) is 3.92. The zero-order valence-corrected chi connectivity index (χ0v) is 18.1. The number of hydrogen-bond donors (Lipinski definition) is 3. The van der Waals surface area contributed by atoms with Crippen molar-refractivity contribution in [3.05, 3.63) is 82.0 Å². The van der Waals surface area contributed by atoms with Crippen LogP contribution in [0.3, 0.4) is 0 Å². The molecule has 0 bridgehead atoms. The summed E-state index contributed by atoms with van der Waals surface area (Å²) in [5, 5.41) is 6.26. The zero-order chi connectivity index (χ0) is 22.5. The van der Waals surface area contributed by atoms with Crippen LogP contribution in [0, 0.1) is 12.7 Å². The van der Waals surface area contributed by atoms with E-state index in [0.29, 0.717) is 18.7 Å². The van der Waals surface area contributed by atoms with E-state index in [-0.39, 0.29) is 17.3 Å². The molecule has 0 unspecified atom stereocenters. The van der Waals surface area contributed by atoms with E-state index < -0.39 is 0 Å². The minimum absolute atomic E-state index is 0.000138. The molecule has 0 radical (unpaired) electrons. The van der Waals surface area contributed by atoms with Crippen molar-refractivity contribution >= 4 is 17.3 Å². The first kappa shape index (κ1) is 21.8. The number of likely N-dealkylation sites (tertiary alicyclic amines) is 1. The molecule has 6 nitrogen and oxygen atoms in total. The van der Waals surface area contributed by atoms with Crippen LogP contribution in [0.1, 0.15) is 24.0 Å². The van der Waals surface area contributed by atoms with Crippen LogP contribution < -0.4 is 16.2 Å². The molecule has 0 spiro atoms. The molecule has 1 fully saturated rings. The number of nitrogens with one attached hydrogen (secondary N) is 3. The van der Waals surface area contributed by atoms with Crippen molar-refractivity contribution in [2.24, 2.45) is 0 Å². The quantitative estimate of drug-likeness (QED) is 0.522. The van der Waals surface area contributed by atoms with Crippen molar-refractivity contribution in [3.63, 3.8) is 0 Å². The summed E-state index contributed by atoms with van der Waals surface area (Å²) in [6, 6.07) is 13.7. The molecular weight excluding hydrogens is 407 g/mol. The Kier molecular flexibility index (Phi) is 6.66. The first-order valence-corrected chi connectivity index (χ1v) is 10.8. The lowest BCUT2D eigenvalue weighted by Crippen LogP contribution is -2.31. The second kappa shape index (κ2) is 9.78. The molecule has 3 N–H and O–H groups in total. The van der Waals surface area contributed by atoms with E-state index >= 15 is 0 Å². The van der Waals surface area contributed by atoms with E-state index in [1.807, 2.05) is 25.1 Å². The van der Waals surface area contributed by atoms with E-state index in [1.54, 1.807) is 24.4 Å². The maximum atomic E-state index is 13.2. The van der Waals surface area contributed by atoms with E-state index in [0.717, 1.165) is 54.0 Å². The fraction of sp³-hybridized carbons (Fsp3) is 0.280. The normalized spacial score (nSPS) is 13.8. The Balaban J connectivity index is 1.40. The number of halogens is 1. The number of H-pyrrole nitrogens is 1. The molecule has 1 aliphatic rings. The van der Waals surface area contributed by atoms with Crippen molar-refractivity contribution in [2.45, 2.75) is 26.3 Å². The second-order valence-corrected chi connectivity index (χ2v) is 8.16. The number of nitrogens with zero attached hydrogens (tertiary/aromatic N) is 1. The van der Waals surface area contributed by atoms with Crippen LogP contribution in [-0.4, -0.2) is 35.4 Å². The van der Waals surface area contributed by atoms with Crippen molar-refractivity contribution in [2.75, 3.05) is 30.3 Å². The minimum atomic E-state index is -0.300. The van der Waals surface area contributed by atoms with Gasteiger partial charge in [-0.2, -0.15) is 0 Å². The monoisotopic (exact) mass is 434 g/mol. The fourth-order valence-electron chi connectivity index (χ4n) is 3.92. The summed E-state index contributed by atoms with van der Waals surface area (Å²) in [5.74, 6) is -0.300. The lowest BCUT2D eigenvalue weighted by molar-refractivity contribution is -0.117. The summed E-state index contributed by atoms with van der Waals surface area (Å²) in [4.78, 5) is 29.5. The predicted octanol–water partition coefficient (Wildman–Crippen LogP) is 4.14. The minimum Gasteiger partial charge on any atom is -0.381 e. The molecule has 0 atom stereocenters. The summed E-state index contributed by atoms with van der Waals surface area (Å²) >= 11 is 0.